The molecule has 0 fully saturated rings. The van der Waals surface area contributed by atoms with Gasteiger partial charge in [0.15, 0.2) is 0 Å². The number of aromatic amines is 1. The summed E-state index contributed by atoms with van der Waals surface area (Å²) in [6, 6.07) is 5.58. The maximum atomic E-state index is 11.9. The molecule has 2 heterocycles. The fourth-order valence-corrected chi connectivity index (χ4v) is 2.35. The maximum absolute atomic E-state index is 11.9. The molecule has 0 unspecified atom stereocenters. The number of aromatic nitrogens is 2. The van der Waals surface area contributed by atoms with Crippen molar-refractivity contribution in [2.45, 2.75) is 33.9 Å². The Morgan fingerprint density at radius 3 is 2.45 bits per heavy atom. The molecule has 0 aromatic carbocycles. The quantitative estimate of drug-likeness (QED) is 0.802. The van der Waals surface area contributed by atoms with E-state index < -0.39 is 0 Å². The van der Waals surface area contributed by atoms with E-state index in [1.807, 2.05) is 50.6 Å². The largest absolute Gasteiger partial charge is 0.350 e. The average molecular weight is 302 g/mol. The van der Waals surface area contributed by atoms with Gasteiger partial charge in [-0.3, -0.25) is 4.79 Å². The predicted molar refractivity (Wildman–Crippen MR) is 85.8 cm³/mol. The number of carbonyl (C=O) groups excluding carboxylic acids is 1. The van der Waals surface area contributed by atoms with Gasteiger partial charge in [0.1, 0.15) is 0 Å². The lowest BCUT2D eigenvalue weighted by Gasteiger charge is -2.10. The Hall–Kier alpha value is -2.50. The Morgan fingerprint density at radius 1 is 1.18 bits per heavy atom. The van der Waals surface area contributed by atoms with E-state index >= 15 is 0 Å². The van der Waals surface area contributed by atoms with Crippen LogP contribution in [0.15, 0.2) is 23.0 Å². The van der Waals surface area contributed by atoms with Gasteiger partial charge in [0.25, 0.3) is 5.56 Å². The first kappa shape index (κ1) is 15.9. The lowest BCUT2D eigenvalue weighted by atomic mass is 10.1. The molecule has 2 aromatic heterocycles. The number of urea groups is 1. The lowest BCUT2D eigenvalue weighted by Crippen LogP contribution is -2.36. The number of hydrogen-bond acceptors (Lipinski definition) is 2. The normalized spacial score (nSPS) is 10.5. The first-order valence-corrected chi connectivity index (χ1v) is 7.20. The predicted octanol–water partition coefficient (Wildman–Crippen LogP) is 1.64. The van der Waals surface area contributed by atoms with E-state index in [9.17, 15) is 9.59 Å². The molecule has 0 radical (unpaired) electrons. The smallest absolute Gasteiger partial charge is 0.315 e. The summed E-state index contributed by atoms with van der Waals surface area (Å²) in [5, 5.41) is 5.51. The van der Waals surface area contributed by atoms with Gasteiger partial charge >= 0.3 is 6.03 Å². The molecule has 0 aliphatic carbocycles. The van der Waals surface area contributed by atoms with Crippen LogP contribution in [0.1, 0.15) is 28.2 Å². The topological polar surface area (TPSA) is 78.9 Å². The minimum Gasteiger partial charge on any atom is -0.350 e. The molecule has 0 aliphatic rings. The van der Waals surface area contributed by atoms with Crippen molar-refractivity contribution in [2.24, 2.45) is 7.05 Å². The second-order valence-corrected chi connectivity index (χ2v) is 5.50. The first-order valence-electron chi connectivity index (χ1n) is 7.20. The summed E-state index contributed by atoms with van der Waals surface area (Å²) in [6.07, 6.45) is 0. The highest BCUT2D eigenvalue weighted by atomic mass is 16.2. The van der Waals surface area contributed by atoms with Gasteiger partial charge in [-0.1, -0.05) is 0 Å². The van der Waals surface area contributed by atoms with Crippen molar-refractivity contribution in [3.05, 3.63) is 56.8 Å². The number of hydrogen-bond donors (Lipinski definition) is 3. The molecular formula is C16H22N4O2. The van der Waals surface area contributed by atoms with E-state index in [1.54, 1.807) is 0 Å². The van der Waals surface area contributed by atoms with E-state index in [-0.39, 0.29) is 18.1 Å². The summed E-state index contributed by atoms with van der Waals surface area (Å²) in [6.45, 7) is 6.36. The molecule has 2 rings (SSSR count). The molecule has 6 nitrogen and oxygen atoms in total. The minimum absolute atomic E-state index is 0.157. The van der Waals surface area contributed by atoms with Crippen molar-refractivity contribution < 1.29 is 4.79 Å². The Bertz CT molecular complexity index is 743. The Kier molecular flexibility index (Phi) is 4.70. The zero-order valence-electron chi connectivity index (χ0n) is 13.4. The molecule has 0 aliphatic heterocycles. The molecule has 0 saturated carbocycles. The monoisotopic (exact) mass is 302 g/mol. The summed E-state index contributed by atoms with van der Waals surface area (Å²) in [7, 11) is 1.96. The van der Waals surface area contributed by atoms with E-state index in [4.69, 9.17) is 0 Å². The van der Waals surface area contributed by atoms with Gasteiger partial charge < -0.3 is 20.2 Å². The van der Waals surface area contributed by atoms with Gasteiger partial charge in [0.2, 0.25) is 0 Å². The summed E-state index contributed by atoms with van der Waals surface area (Å²) >= 11 is 0. The van der Waals surface area contributed by atoms with Gasteiger partial charge in [-0.2, -0.15) is 0 Å². The van der Waals surface area contributed by atoms with Gasteiger partial charge in [-0.15, -0.1) is 0 Å². The molecule has 22 heavy (non-hydrogen) atoms. The minimum atomic E-state index is -0.293. The highest BCUT2D eigenvalue weighted by Gasteiger charge is 2.08. The fourth-order valence-electron chi connectivity index (χ4n) is 2.35. The van der Waals surface area contributed by atoms with Crippen LogP contribution in [0.3, 0.4) is 0 Å². The Morgan fingerprint density at radius 2 is 1.86 bits per heavy atom. The van der Waals surface area contributed by atoms with Gasteiger partial charge in [0, 0.05) is 29.7 Å². The molecule has 0 atom stereocenters. The first-order chi connectivity index (χ1) is 10.4. The van der Waals surface area contributed by atoms with Crippen molar-refractivity contribution >= 4 is 6.03 Å². The van der Waals surface area contributed by atoms with Crippen LogP contribution in [0, 0.1) is 20.8 Å². The number of carbonyl (C=O) groups is 1. The Labute approximate surface area is 129 Å². The van der Waals surface area contributed by atoms with Crippen molar-refractivity contribution in [3.8, 4) is 0 Å². The second kappa shape index (κ2) is 6.51. The van der Waals surface area contributed by atoms with E-state index in [1.165, 1.54) is 0 Å². The van der Waals surface area contributed by atoms with Crippen LogP contribution < -0.4 is 16.2 Å². The van der Waals surface area contributed by atoms with Gasteiger partial charge in [0.05, 0.1) is 13.1 Å². The summed E-state index contributed by atoms with van der Waals surface area (Å²) in [4.78, 5) is 26.5. The van der Waals surface area contributed by atoms with Crippen molar-refractivity contribution in [2.75, 3.05) is 0 Å². The summed E-state index contributed by atoms with van der Waals surface area (Å²) < 4.78 is 2.02. The van der Waals surface area contributed by atoms with Crippen LogP contribution in [0.5, 0.6) is 0 Å². The molecule has 0 spiro atoms. The fraction of sp³-hybridized carbons (Fsp3) is 0.375. The lowest BCUT2D eigenvalue weighted by molar-refractivity contribution is 0.240. The van der Waals surface area contributed by atoms with Crippen LogP contribution >= 0.6 is 0 Å². The third-order valence-corrected chi connectivity index (χ3v) is 3.83. The van der Waals surface area contributed by atoms with Crippen LogP contribution in [-0.2, 0) is 20.1 Å². The third-order valence-electron chi connectivity index (χ3n) is 3.83. The molecule has 3 N–H and O–H groups in total. The molecule has 2 amide bonds. The molecule has 118 valence electrons. The van der Waals surface area contributed by atoms with Crippen LogP contribution in [0.4, 0.5) is 4.79 Å². The second-order valence-electron chi connectivity index (χ2n) is 5.50. The maximum Gasteiger partial charge on any atom is 0.315 e. The number of nitrogens with zero attached hydrogens (tertiary/aromatic N) is 1. The number of aryl methyl sites for hydroxylation is 3. The Balaban J connectivity index is 1.91. The molecule has 2 aromatic rings. The van der Waals surface area contributed by atoms with Gasteiger partial charge in [-0.05, 0) is 44.5 Å². The van der Waals surface area contributed by atoms with Crippen molar-refractivity contribution in [1.29, 1.82) is 0 Å². The number of amides is 2. The average Bonchev–Trinajstić information content (AvgIpc) is 2.75. The van der Waals surface area contributed by atoms with E-state index in [0.29, 0.717) is 12.1 Å². The zero-order chi connectivity index (χ0) is 16.3. The van der Waals surface area contributed by atoms with E-state index in [0.717, 1.165) is 22.6 Å². The van der Waals surface area contributed by atoms with E-state index in [2.05, 4.69) is 15.6 Å². The highest BCUT2D eigenvalue weighted by molar-refractivity contribution is 5.73. The molecular weight excluding hydrogens is 280 g/mol. The van der Waals surface area contributed by atoms with Crippen LogP contribution in [0.2, 0.25) is 0 Å². The zero-order valence-corrected chi connectivity index (χ0v) is 13.4. The highest BCUT2D eigenvalue weighted by Crippen LogP contribution is 2.05. The molecule has 0 saturated heterocycles. The van der Waals surface area contributed by atoms with Gasteiger partial charge in [-0.25, -0.2) is 4.79 Å². The number of pyridine rings is 1. The number of rotatable bonds is 4. The number of H-pyrrole nitrogens is 1. The van der Waals surface area contributed by atoms with Crippen LogP contribution in [-0.4, -0.2) is 15.6 Å². The van der Waals surface area contributed by atoms with Crippen molar-refractivity contribution in [3.63, 3.8) is 0 Å². The molecule has 6 heteroatoms. The number of nitrogens with one attached hydrogen (secondary N) is 3. The third kappa shape index (κ3) is 3.58. The molecule has 0 bridgehead atoms. The van der Waals surface area contributed by atoms with Crippen molar-refractivity contribution in [1.82, 2.24) is 20.2 Å². The van der Waals surface area contributed by atoms with Crippen LogP contribution in [0.25, 0.3) is 0 Å². The standard InChI is InChI=1S/C16H22N4O2/c1-10-7-11(2)19-15(21)14(10)9-18-16(22)17-8-13-6-5-12(3)20(13)4/h5-7H,8-9H2,1-4H3,(H,19,21)(H2,17,18,22). The SMILES string of the molecule is Cc1cc(C)c(CNC(=O)NCc2ccc(C)n2C)c(=O)[nH]1. The summed E-state index contributed by atoms with van der Waals surface area (Å²) in [5.74, 6) is 0. The summed E-state index contributed by atoms with van der Waals surface area (Å²) in [5.41, 5.74) is 4.27.